The number of rotatable bonds is 8. The number of carbonyl (C=O) groups is 1. The minimum atomic E-state index is -3.00. The zero-order valence-electron chi connectivity index (χ0n) is 14.6. The van der Waals surface area contributed by atoms with Gasteiger partial charge in [-0.25, -0.2) is 8.42 Å². The first-order valence-electron chi connectivity index (χ1n) is 8.12. The van der Waals surface area contributed by atoms with Crippen LogP contribution in [-0.2, 0) is 21.2 Å². The van der Waals surface area contributed by atoms with E-state index in [-0.39, 0.29) is 23.5 Å². The number of carbonyl (C=O) groups excluding carboxylic acids is 1. The van der Waals surface area contributed by atoms with Crippen LogP contribution in [0.25, 0.3) is 0 Å². The van der Waals surface area contributed by atoms with Gasteiger partial charge in [0.2, 0.25) is 5.91 Å². The predicted molar refractivity (Wildman–Crippen MR) is 98.0 cm³/mol. The summed E-state index contributed by atoms with van der Waals surface area (Å²) in [5, 5.41) is 2.03. The van der Waals surface area contributed by atoms with E-state index in [1.54, 1.807) is 16.2 Å². The van der Waals surface area contributed by atoms with Gasteiger partial charge in [-0.15, -0.1) is 11.3 Å². The fourth-order valence-electron chi connectivity index (χ4n) is 2.89. The molecule has 1 aromatic rings. The van der Waals surface area contributed by atoms with Gasteiger partial charge in [0.05, 0.1) is 18.1 Å². The van der Waals surface area contributed by atoms with Crippen LogP contribution in [0.1, 0.15) is 11.3 Å². The highest BCUT2D eigenvalue weighted by Gasteiger charge is 2.34. The first kappa shape index (κ1) is 19.4. The van der Waals surface area contributed by atoms with E-state index in [4.69, 9.17) is 0 Å². The Kier molecular flexibility index (Phi) is 6.79. The number of sulfone groups is 1. The molecular formula is C16H27N3O3S2. The maximum atomic E-state index is 12.8. The minimum Gasteiger partial charge on any atom is -0.336 e. The van der Waals surface area contributed by atoms with Crippen molar-refractivity contribution in [1.29, 1.82) is 0 Å². The maximum Gasteiger partial charge on any atom is 0.237 e. The molecule has 8 heteroatoms. The van der Waals surface area contributed by atoms with Crippen molar-refractivity contribution in [2.75, 3.05) is 52.3 Å². The Hall–Kier alpha value is -0.960. The average Bonchev–Trinajstić information content (AvgIpc) is 3.08. The smallest absolute Gasteiger partial charge is 0.237 e. The quantitative estimate of drug-likeness (QED) is 0.673. The van der Waals surface area contributed by atoms with Crippen LogP contribution in [0.2, 0.25) is 0 Å². The summed E-state index contributed by atoms with van der Waals surface area (Å²) in [6.45, 7) is 2.34. The Bertz CT molecular complexity index is 629. The van der Waals surface area contributed by atoms with E-state index in [0.29, 0.717) is 19.5 Å². The molecular weight excluding hydrogens is 346 g/mol. The van der Waals surface area contributed by atoms with Gasteiger partial charge >= 0.3 is 0 Å². The highest BCUT2D eigenvalue weighted by Crippen LogP contribution is 2.18. The molecule has 0 spiro atoms. The molecule has 0 N–H and O–H groups in total. The third kappa shape index (κ3) is 5.84. The highest BCUT2D eigenvalue weighted by molar-refractivity contribution is 7.91. The van der Waals surface area contributed by atoms with Crippen LogP contribution in [0.4, 0.5) is 0 Å². The summed E-state index contributed by atoms with van der Waals surface area (Å²) in [7, 11) is 2.83. The number of likely N-dealkylation sites (N-methyl/N-ethyl adjacent to an activating group) is 2. The van der Waals surface area contributed by atoms with E-state index in [2.05, 4.69) is 6.07 Å². The Morgan fingerprint density at radius 2 is 2.04 bits per heavy atom. The van der Waals surface area contributed by atoms with Gasteiger partial charge in [-0.3, -0.25) is 9.69 Å². The summed E-state index contributed by atoms with van der Waals surface area (Å²) in [4.78, 5) is 19.8. The second-order valence-electron chi connectivity index (χ2n) is 6.70. The molecule has 0 bridgehead atoms. The molecule has 2 heterocycles. The molecule has 0 aliphatic carbocycles. The molecule has 1 aliphatic heterocycles. The van der Waals surface area contributed by atoms with Gasteiger partial charge < -0.3 is 9.80 Å². The Labute approximate surface area is 149 Å². The summed E-state index contributed by atoms with van der Waals surface area (Å²) in [5.41, 5.74) is 0. The van der Waals surface area contributed by atoms with Gasteiger partial charge in [0.25, 0.3) is 0 Å². The molecule has 24 heavy (non-hydrogen) atoms. The normalized spacial score (nSPS) is 20.0. The van der Waals surface area contributed by atoms with Crippen molar-refractivity contribution in [1.82, 2.24) is 14.7 Å². The largest absolute Gasteiger partial charge is 0.336 e. The highest BCUT2D eigenvalue weighted by atomic mass is 32.2. The maximum absolute atomic E-state index is 12.8. The Morgan fingerprint density at radius 3 is 2.58 bits per heavy atom. The monoisotopic (exact) mass is 373 g/mol. The summed E-state index contributed by atoms with van der Waals surface area (Å²) < 4.78 is 23.6. The second kappa shape index (κ2) is 8.42. The Balaban J connectivity index is 1.98. The molecule has 1 fully saturated rings. The predicted octanol–water partition coefficient (Wildman–Crippen LogP) is 0.757. The van der Waals surface area contributed by atoms with Crippen molar-refractivity contribution < 1.29 is 13.2 Å². The second-order valence-corrected chi connectivity index (χ2v) is 9.96. The van der Waals surface area contributed by atoms with Gasteiger partial charge in [-0.1, -0.05) is 6.07 Å². The molecule has 1 atom stereocenters. The van der Waals surface area contributed by atoms with E-state index in [0.717, 1.165) is 13.1 Å². The van der Waals surface area contributed by atoms with E-state index in [1.165, 1.54) is 4.88 Å². The number of amides is 1. The van der Waals surface area contributed by atoms with Crippen molar-refractivity contribution in [2.24, 2.45) is 0 Å². The number of hydrogen-bond donors (Lipinski definition) is 0. The van der Waals surface area contributed by atoms with E-state index in [9.17, 15) is 13.2 Å². The SMILES string of the molecule is CN(C)CCN(C(=O)CN(C)Cc1cccs1)C1CCS(=O)(=O)C1. The first-order valence-corrected chi connectivity index (χ1v) is 10.8. The van der Waals surface area contributed by atoms with Gasteiger partial charge in [0.1, 0.15) is 0 Å². The fourth-order valence-corrected chi connectivity index (χ4v) is 5.40. The number of nitrogens with zero attached hydrogens (tertiary/aromatic N) is 3. The van der Waals surface area contributed by atoms with Crippen molar-refractivity contribution in [3.05, 3.63) is 22.4 Å². The molecule has 2 rings (SSSR count). The number of thiophene rings is 1. The lowest BCUT2D eigenvalue weighted by atomic mass is 10.2. The topological polar surface area (TPSA) is 60.9 Å². The van der Waals surface area contributed by atoms with Crippen molar-refractivity contribution in [3.8, 4) is 0 Å². The summed E-state index contributed by atoms with van der Waals surface area (Å²) in [5.74, 6) is 0.299. The van der Waals surface area contributed by atoms with Gasteiger partial charge in [0, 0.05) is 30.6 Å². The van der Waals surface area contributed by atoms with Crippen LogP contribution in [0, 0.1) is 0 Å². The van der Waals surface area contributed by atoms with Gasteiger partial charge in [0.15, 0.2) is 9.84 Å². The first-order chi connectivity index (χ1) is 11.3. The van der Waals surface area contributed by atoms with Crippen LogP contribution in [0.3, 0.4) is 0 Å². The molecule has 6 nitrogen and oxygen atoms in total. The van der Waals surface area contributed by atoms with Crippen LogP contribution in [0.5, 0.6) is 0 Å². The lowest BCUT2D eigenvalue weighted by molar-refractivity contribution is -0.134. The summed E-state index contributed by atoms with van der Waals surface area (Å²) >= 11 is 1.67. The summed E-state index contributed by atoms with van der Waals surface area (Å²) in [6, 6.07) is 3.87. The molecule has 0 aromatic carbocycles. The van der Waals surface area contributed by atoms with Crippen molar-refractivity contribution in [2.45, 2.75) is 19.0 Å². The lowest BCUT2D eigenvalue weighted by Crippen LogP contribution is -2.48. The zero-order chi connectivity index (χ0) is 17.7. The van der Waals surface area contributed by atoms with Crippen LogP contribution >= 0.6 is 11.3 Å². The van der Waals surface area contributed by atoms with E-state index >= 15 is 0 Å². The molecule has 1 amide bonds. The minimum absolute atomic E-state index is 0.0120. The van der Waals surface area contributed by atoms with Gasteiger partial charge in [-0.2, -0.15) is 0 Å². The standard InChI is InChI=1S/C16H27N3O3S2/c1-17(2)7-8-19(14-6-10-24(21,22)13-14)16(20)12-18(3)11-15-5-4-9-23-15/h4-5,9,14H,6-8,10-13H2,1-3H3. The molecule has 1 aliphatic rings. The van der Waals surface area contributed by atoms with Gasteiger partial charge in [-0.05, 0) is 39.0 Å². The Morgan fingerprint density at radius 1 is 1.29 bits per heavy atom. The van der Waals surface area contributed by atoms with Crippen LogP contribution < -0.4 is 0 Å². The van der Waals surface area contributed by atoms with Crippen LogP contribution in [0.15, 0.2) is 17.5 Å². The summed E-state index contributed by atoms with van der Waals surface area (Å²) in [6.07, 6.45) is 0.552. The molecule has 1 aromatic heterocycles. The van der Waals surface area contributed by atoms with Crippen molar-refractivity contribution >= 4 is 27.1 Å². The fraction of sp³-hybridized carbons (Fsp3) is 0.688. The third-order valence-corrected chi connectivity index (χ3v) is 6.78. The molecule has 0 radical (unpaired) electrons. The number of hydrogen-bond acceptors (Lipinski definition) is 6. The van der Waals surface area contributed by atoms with Crippen molar-refractivity contribution in [3.63, 3.8) is 0 Å². The third-order valence-electron chi connectivity index (χ3n) is 4.17. The lowest BCUT2D eigenvalue weighted by Gasteiger charge is -2.31. The van der Waals surface area contributed by atoms with E-state index < -0.39 is 9.84 Å². The average molecular weight is 374 g/mol. The zero-order valence-corrected chi connectivity index (χ0v) is 16.3. The molecule has 136 valence electrons. The molecule has 1 saturated heterocycles. The van der Waals surface area contributed by atoms with E-state index in [1.807, 2.05) is 42.4 Å². The van der Waals surface area contributed by atoms with Crippen LogP contribution in [-0.4, -0.2) is 87.3 Å². The molecule has 1 unspecified atom stereocenters. The molecule has 0 saturated carbocycles.